The molecule has 0 aromatic carbocycles. The summed E-state index contributed by atoms with van der Waals surface area (Å²) in [6.45, 7) is 5.93. The third kappa shape index (κ3) is 2.80. The van der Waals surface area contributed by atoms with Crippen molar-refractivity contribution in [3.8, 4) is 0 Å². The zero-order valence-electron chi connectivity index (χ0n) is 7.77. The molecular formula is C9H20N2. The van der Waals surface area contributed by atoms with Crippen LogP contribution in [0.2, 0.25) is 0 Å². The molecule has 0 spiro atoms. The van der Waals surface area contributed by atoms with Gasteiger partial charge in [0.25, 0.3) is 0 Å². The molecule has 0 radical (unpaired) electrons. The Balaban J connectivity index is 2.33. The molecule has 1 heterocycles. The Kier molecular flexibility index (Phi) is 3.87. The van der Waals surface area contributed by atoms with Gasteiger partial charge in [0.2, 0.25) is 0 Å². The highest BCUT2D eigenvalue weighted by Gasteiger charge is 2.13. The molecule has 0 amide bonds. The van der Waals surface area contributed by atoms with Gasteiger partial charge in [0.15, 0.2) is 0 Å². The maximum absolute atomic E-state index is 3.48. The highest BCUT2D eigenvalue weighted by Crippen LogP contribution is 2.04. The smallest absolute Gasteiger partial charge is 0.0214 e. The van der Waals surface area contributed by atoms with E-state index in [0.717, 1.165) is 6.04 Å². The molecule has 0 aromatic heterocycles. The fourth-order valence-corrected chi connectivity index (χ4v) is 1.67. The summed E-state index contributed by atoms with van der Waals surface area (Å²) in [5, 5.41) is 3.48. The van der Waals surface area contributed by atoms with Crippen molar-refractivity contribution in [3.63, 3.8) is 0 Å². The van der Waals surface area contributed by atoms with Crippen molar-refractivity contribution in [1.29, 1.82) is 0 Å². The molecule has 1 aliphatic heterocycles. The number of nitrogens with one attached hydrogen (secondary N) is 1. The van der Waals surface area contributed by atoms with Crippen LogP contribution in [0.3, 0.4) is 0 Å². The van der Waals surface area contributed by atoms with Crippen molar-refractivity contribution in [1.82, 2.24) is 10.2 Å². The van der Waals surface area contributed by atoms with Crippen LogP contribution in [-0.2, 0) is 0 Å². The summed E-state index contributed by atoms with van der Waals surface area (Å²) < 4.78 is 0. The van der Waals surface area contributed by atoms with Gasteiger partial charge in [0.05, 0.1) is 0 Å². The van der Waals surface area contributed by atoms with E-state index in [1.807, 2.05) is 0 Å². The quantitative estimate of drug-likeness (QED) is 0.611. The molecule has 1 rings (SSSR count). The van der Waals surface area contributed by atoms with E-state index in [4.69, 9.17) is 0 Å². The molecule has 0 saturated carbocycles. The first-order valence-electron chi connectivity index (χ1n) is 4.75. The van der Waals surface area contributed by atoms with E-state index in [2.05, 4.69) is 24.2 Å². The Hall–Kier alpha value is -0.0800. The molecule has 2 heteroatoms. The zero-order chi connectivity index (χ0) is 8.10. The summed E-state index contributed by atoms with van der Waals surface area (Å²) in [5.74, 6) is 0. The highest BCUT2D eigenvalue weighted by molar-refractivity contribution is 4.72. The van der Waals surface area contributed by atoms with Gasteiger partial charge in [-0.2, -0.15) is 0 Å². The average Bonchev–Trinajstić information content (AvgIpc) is 1.98. The predicted octanol–water partition coefficient (Wildman–Crippen LogP) is 1.08. The predicted molar refractivity (Wildman–Crippen MR) is 48.8 cm³/mol. The van der Waals surface area contributed by atoms with Crippen molar-refractivity contribution in [3.05, 3.63) is 0 Å². The molecule has 1 unspecified atom stereocenters. The minimum absolute atomic E-state index is 0.760. The molecule has 1 atom stereocenters. The van der Waals surface area contributed by atoms with Crippen LogP contribution in [0.15, 0.2) is 0 Å². The minimum atomic E-state index is 0.760. The second-order valence-corrected chi connectivity index (χ2v) is 3.45. The third-order valence-corrected chi connectivity index (χ3v) is 2.59. The monoisotopic (exact) mass is 156 g/mol. The molecule has 1 aliphatic rings. The lowest BCUT2D eigenvalue weighted by Crippen LogP contribution is -2.42. The Bertz CT molecular complexity index is 104. The normalized spacial score (nSPS) is 29.5. The number of rotatable bonds is 1. The average molecular weight is 156 g/mol. The van der Waals surface area contributed by atoms with Crippen LogP contribution in [0.5, 0.6) is 0 Å². The van der Waals surface area contributed by atoms with Gasteiger partial charge in [0.1, 0.15) is 0 Å². The minimum Gasteiger partial charge on any atom is -0.315 e. The molecule has 1 saturated heterocycles. The fraction of sp³-hybridized carbons (Fsp3) is 1.00. The topological polar surface area (TPSA) is 15.3 Å². The standard InChI is InChI=1S/C9H20N2/c1-3-9-8-10-6-4-5-7-11(9)2/h9-10H,3-8H2,1-2H3. The van der Waals surface area contributed by atoms with Crippen LogP contribution in [0.4, 0.5) is 0 Å². The van der Waals surface area contributed by atoms with Crippen LogP contribution in [0.25, 0.3) is 0 Å². The maximum Gasteiger partial charge on any atom is 0.0214 e. The maximum atomic E-state index is 3.48. The largest absolute Gasteiger partial charge is 0.315 e. The zero-order valence-corrected chi connectivity index (χ0v) is 7.77. The lowest BCUT2D eigenvalue weighted by atomic mass is 10.1. The van der Waals surface area contributed by atoms with Crippen molar-refractivity contribution in [2.75, 3.05) is 26.7 Å². The molecule has 0 aromatic rings. The molecule has 1 N–H and O–H groups in total. The van der Waals surface area contributed by atoms with Gasteiger partial charge in [-0.25, -0.2) is 0 Å². The lowest BCUT2D eigenvalue weighted by Gasteiger charge is -2.29. The SMILES string of the molecule is CCC1CNCCCCN1C. The van der Waals surface area contributed by atoms with E-state index in [1.54, 1.807) is 0 Å². The Morgan fingerprint density at radius 1 is 1.45 bits per heavy atom. The van der Waals surface area contributed by atoms with E-state index in [-0.39, 0.29) is 0 Å². The molecular weight excluding hydrogens is 136 g/mol. The second-order valence-electron chi connectivity index (χ2n) is 3.45. The second kappa shape index (κ2) is 4.73. The summed E-state index contributed by atoms with van der Waals surface area (Å²) in [6, 6.07) is 0.760. The Morgan fingerprint density at radius 3 is 3.00 bits per heavy atom. The van der Waals surface area contributed by atoms with E-state index < -0.39 is 0 Å². The summed E-state index contributed by atoms with van der Waals surface area (Å²) in [5.41, 5.74) is 0. The summed E-state index contributed by atoms with van der Waals surface area (Å²) in [7, 11) is 2.24. The Morgan fingerprint density at radius 2 is 2.27 bits per heavy atom. The Labute approximate surface area is 70.0 Å². The molecule has 1 fully saturated rings. The summed E-state index contributed by atoms with van der Waals surface area (Å²) in [6.07, 6.45) is 3.95. The van der Waals surface area contributed by atoms with E-state index in [0.29, 0.717) is 0 Å². The first-order chi connectivity index (χ1) is 5.34. The summed E-state index contributed by atoms with van der Waals surface area (Å²) in [4.78, 5) is 2.48. The van der Waals surface area contributed by atoms with Crippen LogP contribution in [0.1, 0.15) is 26.2 Å². The van der Waals surface area contributed by atoms with Crippen molar-refractivity contribution < 1.29 is 0 Å². The number of likely N-dealkylation sites (N-methyl/N-ethyl adjacent to an activating group) is 1. The molecule has 2 nitrogen and oxygen atoms in total. The first kappa shape index (κ1) is 9.01. The van der Waals surface area contributed by atoms with Gasteiger partial charge in [-0.05, 0) is 39.4 Å². The van der Waals surface area contributed by atoms with E-state index >= 15 is 0 Å². The van der Waals surface area contributed by atoms with Crippen molar-refractivity contribution in [2.24, 2.45) is 0 Å². The van der Waals surface area contributed by atoms with Gasteiger partial charge < -0.3 is 10.2 Å². The first-order valence-corrected chi connectivity index (χ1v) is 4.75. The van der Waals surface area contributed by atoms with Crippen LogP contribution in [-0.4, -0.2) is 37.6 Å². The van der Waals surface area contributed by atoms with Crippen LogP contribution >= 0.6 is 0 Å². The van der Waals surface area contributed by atoms with E-state index in [1.165, 1.54) is 38.9 Å². The van der Waals surface area contributed by atoms with Crippen LogP contribution in [0, 0.1) is 0 Å². The van der Waals surface area contributed by atoms with Crippen LogP contribution < -0.4 is 5.32 Å². The molecule has 0 bridgehead atoms. The highest BCUT2D eigenvalue weighted by atomic mass is 15.1. The van der Waals surface area contributed by atoms with Gasteiger partial charge in [-0.3, -0.25) is 0 Å². The van der Waals surface area contributed by atoms with Crippen molar-refractivity contribution >= 4 is 0 Å². The lowest BCUT2D eigenvalue weighted by molar-refractivity contribution is 0.212. The van der Waals surface area contributed by atoms with Gasteiger partial charge in [-0.1, -0.05) is 6.92 Å². The number of nitrogens with zero attached hydrogens (tertiary/aromatic N) is 1. The molecule has 11 heavy (non-hydrogen) atoms. The van der Waals surface area contributed by atoms with Crippen molar-refractivity contribution in [2.45, 2.75) is 32.2 Å². The van der Waals surface area contributed by atoms with Gasteiger partial charge >= 0.3 is 0 Å². The molecule has 66 valence electrons. The fourth-order valence-electron chi connectivity index (χ4n) is 1.67. The third-order valence-electron chi connectivity index (χ3n) is 2.59. The van der Waals surface area contributed by atoms with Gasteiger partial charge in [-0.15, -0.1) is 0 Å². The summed E-state index contributed by atoms with van der Waals surface area (Å²) >= 11 is 0. The number of hydrogen-bond acceptors (Lipinski definition) is 2. The van der Waals surface area contributed by atoms with Gasteiger partial charge in [0, 0.05) is 12.6 Å². The van der Waals surface area contributed by atoms with E-state index in [9.17, 15) is 0 Å². The molecule has 0 aliphatic carbocycles. The number of hydrogen-bond donors (Lipinski definition) is 1.